The van der Waals surface area contributed by atoms with Crippen LogP contribution in [0.5, 0.6) is 11.5 Å². The van der Waals surface area contributed by atoms with Crippen LogP contribution in [0.15, 0.2) is 42.5 Å². The lowest BCUT2D eigenvalue weighted by Crippen LogP contribution is -2.27. The van der Waals surface area contributed by atoms with Crippen molar-refractivity contribution >= 4 is 23.4 Å². The molecule has 2 rings (SSSR count). The minimum Gasteiger partial charge on any atom is -0.493 e. The van der Waals surface area contributed by atoms with Gasteiger partial charge in [0.15, 0.2) is 11.5 Å². The first-order valence-electron chi connectivity index (χ1n) is 8.78. The average Bonchev–Trinajstić information content (AvgIpc) is 2.71. The van der Waals surface area contributed by atoms with Crippen LogP contribution in [-0.4, -0.2) is 37.3 Å². The van der Waals surface area contributed by atoms with E-state index in [4.69, 9.17) is 9.47 Å². The minimum atomic E-state index is -0.415. The SMILES string of the molecule is COc1ccc(CCNC(=O)CS[C@@H](C)c2cccc([N+](=O)[O-])c2)cc1OC. The molecule has 0 aliphatic carbocycles. The number of ether oxygens (including phenoxy) is 2. The zero-order valence-corrected chi connectivity index (χ0v) is 17.0. The second kappa shape index (κ2) is 10.6. The van der Waals surface area contributed by atoms with Crippen LogP contribution in [0.1, 0.15) is 23.3 Å². The van der Waals surface area contributed by atoms with Gasteiger partial charge in [-0.1, -0.05) is 18.2 Å². The van der Waals surface area contributed by atoms with Crippen LogP contribution in [0.4, 0.5) is 5.69 Å². The predicted molar refractivity (Wildman–Crippen MR) is 110 cm³/mol. The Kier molecular flexibility index (Phi) is 8.13. The third-order valence-corrected chi connectivity index (χ3v) is 5.40. The lowest BCUT2D eigenvalue weighted by Gasteiger charge is -2.12. The number of nitrogens with one attached hydrogen (secondary N) is 1. The molecule has 0 saturated heterocycles. The molecule has 0 aliphatic heterocycles. The molecule has 0 spiro atoms. The number of hydrogen-bond acceptors (Lipinski definition) is 6. The van der Waals surface area contributed by atoms with Gasteiger partial charge in [-0.25, -0.2) is 0 Å². The van der Waals surface area contributed by atoms with E-state index < -0.39 is 4.92 Å². The monoisotopic (exact) mass is 404 g/mol. The number of nitro groups is 1. The summed E-state index contributed by atoms with van der Waals surface area (Å²) in [7, 11) is 3.17. The van der Waals surface area contributed by atoms with Gasteiger partial charge in [0.1, 0.15) is 0 Å². The van der Waals surface area contributed by atoms with Gasteiger partial charge in [-0.05, 0) is 36.6 Å². The first kappa shape index (κ1) is 21.6. The zero-order chi connectivity index (χ0) is 20.5. The summed E-state index contributed by atoms with van der Waals surface area (Å²) in [4.78, 5) is 22.5. The van der Waals surface area contributed by atoms with Crippen molar-refractivity contribution in [1.82, 2.24) is 5.32 Å². The van der Waals surface area contributed by atoms with E-state index in [2.05, 4.69) is 5.32 Å². The summed E-state index contributed by atoms with van der Waals surface area (Å²) in [5.74, 6) is 1.55. The molecule has 28 heavy (non-hydrogen) atoms. The Labute approximate surface area is 168 Å². The third kappa shape index (κ3) is 6.16. The van der Waals surface area contributed by atoms with E-state index in [1.54, 1.807) is 26.4 Å². The van der Waals surface area contributed by atoms with Gasteiger partial charge < -0.3 is 14.8 Å². The van der Waals surface area contributed by atoms with Crippen LogP contribution in [0.3, 0.4) is 0 Å². The molecular formula is C20H24N2O5S. The molecule has 150 valence electrons. The maximum atomic E-state index is 12.1. The lowest BCUT2D eigenvalue weighted by atomic mass is 10.1. The Morgan fingerprint density at radius 3 is 2.61 bits per heavy atom. The van der Waals surface area contributed by atoms with Crippen LogP contribution in [-0.2, 0) is 11.2 Å². The first-order chi connectivity index (χ1) is 13.4. The highest BCUT2D eigenvalue weighted by atomic mass is 32.2. The van der Waals surface area contributed by atoms with Gasteiger partial charge in [-0.3, -0.25) is 14.9 Å². The number of hydrogen-bond donors (Lipinski definition) is 1. The van der Waals surface area contributed by atoms with Gasteiger partial charge in [0.05, 0.1) is 24.9 Å². The summed E-state index contributed by atoms with van der Waals surface area (Å²) < 4.78 is 10.5. The highest BCUT2D eigenvalue weighted by molar-refractivity contribution is 8.00. The molecule has 1 amide bonds. The van der Waals surface area contributed by atoms with E-state index in [1.165, 1.54) is 17.8 Å². The number of methoxy groups -OCH3 is 2. The highest BCUT2D eigenvalue weighted by Gasteiger charge is 2.13. The molecule has 1 N–H and O–H groups in total. The van der Waals surface area contributed by atoms with E-state index in [1.807, 2.05) is 31.2 Å². The zero-order valence-electron chi connectivity index (χ0n) is 16.1. The van der Waals surface area contributed by atoms with Gasteiger partial charge in [0.2, 0.25) is 5.91 Å². The first-order valence-corrected chi connectivity index (χ1v) is 9.83. The second-order valence-electron chi connectivity index (χ2n) is 6.09. The van der Waals surface area contributed by atoms with E-state index in [9.17, 15) is 14.9 Å². The standard InChI is InChI=1S/C20H24N2O5S/c1-14(16-5-4-6-17(12-16)22(24)25)28-13-20(23)21-10-9-15-7-8-18(26-2)19(11-15)27-3/h4-8,11-12,14H,9-10,13H2,1-3H3,(H,21,23)/t14-/m0/s1. The van der Waals surface area contributed by atoms with Crippen molar-refractivity contribution < 1.29 is 19.2 Å². The smallest absolute Gasteiger partial charge is 0.269 e. The summed E-state index contributed by atoms with van der Waals surface area (Å²) >= 11 is 1.44. The number of non-ortho nitro benzene ring substituents is 1. The number of benzene rings is 2. The Hall–Kier alpha value is -2.74. The van der Waals surface area contributed by atoms with Crippen molar-refractivity contribution in [1.29, 1.82) is 0 Å². The fourth-order valence-corrected chi connectivity index (χ4v) is 3.46. The number of thioether (sulfide) groups is 1. The van der Waals surface area contributed by atoms with Gasteiger partial charge in [0.25, 0.3) is 5.69 Å². The Morgan fingerprint density at radius 2 is 1.93 bits per heavy atom. The van der Waals surface area contributed by atoms with Crippen molar-refractivity contribution in [2.45, 2.75) is 18.6 Å². The lowest BCUT2D eigenvalue weighted by molar-refractivity contribution is -0.384. The number of amides is 1. The number of carbonyl (C=O) groups is 1. The van der Waals surface area contributed by atoms with E-state index >= 15 is 0 Å². The van der Waals surface area contributed by atoms with Crippen LogP contribution < -0.4 is 14.8 Å². The van der Waals surface area contributed by atoms with Crippen LogP contribution in [0, 0.1) is 10.1 Å². The van der Waals surface area contributed by atoms with Crippen molar-refractivity contribution in [3.63, 3.8) is 0 Å². The quantitative estimate of drug-likeness (QED) is 0.479. The largest absolute Gasteiger partial charge is 0.493 e. The number of rotatable bonds is 10. The van der Waals surface area contributed by atoms with Crippen molar-refractivity contribution in [2.75, 3.05) is 26.5 Å². The van der Waals surface area contributed by atoms with Crippen LogP contribution in [0.25, 0.3) is 0 Å². The molecule has 0 radical (unpaired) electrons. The summed E-state index contributed by atoms with van der Waals surface area (Å²) in [6, 6.07) is 12.2. The maximum absolute atomic E-state index is 12.1. The fraction of sp³-hybridized carbons (Fsp3) is 0.350. The molecular weight excluding hydrogens is 380 g/mol. The Bertz CT molecular complexity index is 828. The molecule has 0 bridgehead atoms. The van der Waals surface area contributed by atoms with Gasteiger partial charge in [-0.15, -0.1) is 11.8 Å². The molecule has 0 unspecified atom stereocenters. The van der Waals surface area contributed by atoms with Crippen LogP contribution >= 0.6 is 11.8 Å². The molecule has 0 heterocycles. The molecule has 0 aliphatic rings. The van der Waals surface area contributed by atoms with Crippen molar-refractivity contribution in [3.05, 3.63) is 63.7 Å². The Morgan fingerprint density at radius 1 is 1.18 bits per heavy atom. The third-order valence-electron chi connectivity index (χ3n) is 4.20. The highest BCUT2D eigenvalue weighted by Crippen LogP contribution is 2.30. The molecule has 2 aromatic rings. The summed E-state index contributed by atoms with van der Waals surface area (Å²) in [5, 5.41) is 13.7. The molecule has 0 aromatic heterocycles. The number of nitro benzene ring substituents is 1. The average molecular weight is 404 g/mol. The molecule has 0 fully saturated rings. The molecule has 0 saturated carbocycles. The van der Waals surface area contributed by atoms with E-state index in [0.717, 1.165) is 11.1 Å². The fourth-order valence-electron chi connectivity index (χ4n) is 2.62. The van der Waals surface area contributed by atoms with Crippen molar-refractivity contribution in [2.24, 2.45) is 0 Å². The van der Waals surface area contributed by atoms with E-state index in [0.29, 0.717) is 24.5 Å². The van der Waals surface area contributed by atoms with Crippen molar-refractivity contribution in [3.8, 4) is 11.5 Å². The number of carbonyl (C=O) groups excluding carboxylic acids is 1. The number of nitrogens with zero attached hydrogens (tertiary/aromatic N) is 1. The van der Waals surface area contributed by atoms with Gasteiger partial charge in [-0.2, -0.15) is 0 Å². The summed E-state index contributed by atoms with van der Waals surface area (Å²) in [6.45, 7) is 2.45. The van der Waals surface area contributed by atoms with Gasteiger partial charge in [0, 0.05) is 23.9 Å². The predicted octanol–water partition coefficient (Wildman–Crippen LogP) is 3.77. The topological polar surface area (TPSA) is 90.7 Å². The molecule has 2 aromatic carbocycles. The summed E-state index contributed by atoms with van der Waals surface area (Å²) in [6.07, 6.45) is 0.678. The van der Waals surface area contributed by atoms with Gasteiger partial charge >= 0.3 is 0 Å². The minimum absolute atomic E-state index is 0.0171. The van der Waals surface area contributed by atoms with Crippen LogP contribution in [0.2, 0.25) is 0 Å². The second-order valence-corrected chi connectivity index (χ2v) is 7.42. The normalized spacial score (nSPS) is 11.5. The molecule has 1 atom stereocenters. The maximum Gasteiger partial charge on any atom is 0.269 e. The Balaban J connectivity index is 1.78. The summed E-state index contributed by atoms with van der Waals surface area (Å²) in [5.41, 5.74) is 1.93. The molecule has 7 nitrogen and oxygen atoms in total. The van der Waals surface area contributed by atoms with E-state index in [-0.39, 0.29) is 22.6 Å². The molecule has 8 heteroatoms.